The summed E-state index contributed by atoms with van der Waals surface area (Å²) in [6.07, 6.45) is 5.42. The highest BCUT2D eigenvalue weighted by Gasteiger charge is 2.22. The summed E-state index contributed by atoms with van der Waals surface area (Å²) in [6, 6.07) is 19.3. The lowest BCUT2D eigenvalue weighted by molar-refractivity contribution is -0.904. The maximum Gasteiger partial charge on any atom is 0.195 e. The van der Waals surface area contributed by atoms with Gasteiger partial charge in [-0.2, -0.15) is 0 Å². The van der Waals surface area contributed by atoms with Gasteiger partial charge in [0.15, 0.2) is 5.78 Å². The molecule has 188 valence electrons. The van der Waals surface area contributed by atoms with Crippen molar-refractivity contribution in [3.63, 3.8) is 0 Å². The molecule has 5 rings (SSSR count). The molecule has 5 nitrogen and oxygen atoms in total. The summed E-state index contributed by atoms with van der Waals surface area (Å²) in [7, 11) is 0. The van der Waals surface area contributed by atoms with Crippen LogP contribution in [0.5, 0.6) is 17.2 Å². The summed E-state index contributed by atoms with van der Waals surface area (Å²) < 4.78 is 6.78. The topological polar surface area (TPSA) is 71.2 Å². The lowest BCUT2D eigenvalue weighted by Crippen LogP contribution is -3.13. The predicted molar refractivity (Wildman–Crippen MR) is 147 cm³/mol. The van der Waals surface area contributed by atoms with Crippen molar-refractivity contribution in [3.8, 4) is 27.7 Å². The zero-order valence-electron chi connectivity index (χ0n) is 20.3. The smallest absolute Gasteiger partial charge is 0.195 e. The lowest BCUT2D eigenvalue weighted by Gasteiger charge is -2.23. The van der Waals surface area contributed by atoms with Gasteiger partial charge < -0.3 is 19.8 Å². The van der Waals surface area contributed by atoms with Crippen LogP contribution in [0.15, 0.2) is 66.7 Å². The van der Waals surface area contributed by atoms with Crippen LogP contribution in [-0.2, 0) is 0 Å². The monoisotopic (exact) mass is 524 g/mol. The van der Waals surface area contributed by atoms with Crippen LogP contribution in [0.1, 0.15) is 35.2 Å². The number of aromatic hydroxyl groups is 2. The number of thiophene rings is 1. The molecule has 0 aliphatic carbocycles. The van der Waals surface area contributed by atoms with Gasteiger partial charge in [0.1, 0.15) is 30.4 Å². The minimum atomic E-state index is -0.0793. The molecule has 7 heteroatoms. The number of rotatable bonds is 7. The van der Waals surface area contributed by atoms with Gasteiger partial charge in [-0.15, -0.1) is 22.9 Å². The van der Waals surface area contributed by atoms with Crippen LogP contribution in [0.4, 0.5) is 0 Å². The highest BCUT2D eigenvalue weighted by atomic mass is 35.5. The van der Waals surface area contributed by atoms with Crippen molar-refractivity contribution < 1.29 is 24.6 Å². The quantitative estimate of drug-likeness (QED) is 0.220. The van der Waals surface area contributed by atoms with Crippen molar-refractivity contribution in [2.75, 3.05) is 32.6 Å². The van der Waals surface area contributed by atoms with Gasteiger partial charge >= 0.3 is 0 Å². The van der Waals surface area contributed by atoms with Crippen LogP contribution in [0.2, 0.25) is 0 Å². The van der Waals surface area contributed by atoms with E-state index >= 15 is 0 Å². The molecule has 1 aromatic heterocycles. The minimum absolute atomic E-state index is 0.0793. The van der Waals surface area contributed by atoms with E-state index in [9.17, 15) is 15.0 Å². The van der Waals surface area contributed by atoms with Crippen molar-refractivity contribution >= 4 is 38.8 Å². The van der Waals surface area contributed by atoms with E-state index in [0.29, 0.717) is 17.7 Å². The van der Waals surface area contributed by atoms with Crippen molar-refractivity contribution in [1.82, 2.24) is 0 Å². The van der Waals surface area contributed by atoms with E-state index in [2.05, 4.69) is 11.6 Å². The average molecular weight is 525 g/mol. The van der Waals surface area contributed by atoms with E-state index in [1.165, 1.54) is 50.1 Å². The first-order valence-corrected chi connectivity index (χ1v) is 13.7. The van der Waals surface area contributed by atoms with Gasteiger partial charge in [-0.3, -0.25) is 4.79 Å². The second-order valence-corrected chi connectivity index (χ2v) is 9.85. The van der Waals surface area contributed by atoms with Crippen LogP contribution >= 0.6 is 22.9 Å². The van der Waals surface area contributed by atoms with Crippen molar-refractivity contribution in [2.45, 2.75) is 19.3 Å². The molecule has 1 aliphatic rings. The van der Waals surface area contributed by atoms with Gasteiger partial charge in [-0.25, -0.2) is 0 Å². The summed E-state index contributed by atoms with van der Waals surface area (Å²) in [4.78, 5) is 16.1. The van der Waals surface area contributed by atoms with Gasteiger partial charge in [0, 0.05) is 32.5 Å². The Balaban J connectivity index is 0.00000148. The number of carbonyl (C=O) groups excluding carboxylic acids is 1. The molecule has 0 radical (unpaired) electrons. The molecule has 2 heterocycles. The van der Waals surface area contributed by atoms with Crippen molar-refractivity contribution in [3.05, 3.63) is 77.9 Å². The molecule has 0 atom stereocenters. The lowest BCUT2D eigenvalue weighted by atomic mass is 9.97. The Morgan fingerprint density at radius 2 is 1.58 bits per heavy atom. The number of halogens is 1. The number of fused-ring (bicyclic) bond motifs is 1. The number of piperidine rings is 1. The number of alkyl halides is 1. The summed E-state index contributed by atoms with van der Waals surface area (Å²) in [5, 5.41) is 20.4. The van der Waals surface area contributed by atoms with Crippen molar-refractivity contribution in [2.24, 2.45) is 0 Å². The number of benzene rings is 3. The number of phenols is 2. The second kappa shape index (κ2) is 12.3. The number of ether oxygens (including phenoxy) is 1. The fourth-order valence-corrected chi connectivity index (χ4v) is 5.83. The van der Waals surface area contributed by atoms with E-state index in [-0.39, 0.29) is 17.3 Å². The molecular formula is C29H31ClNO4S+. The number of likely N-dealkylation sites (tertiary alicyclic amines) is 1. The Labute approximate surface area is 220 Å². The zero-order valence-corrected chi connectivity index (χ0v) is 21.9. The fraction of sp³-hybridized carbons (Fsp3) is 0.276. The van der Waals surface area contributed by atoms with Crippen LogP contribution in [0.25, 0.3) is 20.5 Å². The van der Waals surface area contributed by atoms with E-state index in [4.69, 9.17) is 4.74 Å². The molecule has 0 amide bonds. The van der Waals surface area contributed by atoms with Crippen LogP contribution in [0, 0.1) is 0 Å². The Hall–Kier alpha value is -3.06. The number of phenolic OH excluding ortho intramolecular Hbond substituents is 2. The van der Waals surface area contributed by atoms with Crippen LogP contribution in [-0.4, -0.2) is 48.6 Å². The molecule has 3 N–H and O–H groups in total. The summed E-state index contributed by atoms with van der Waals surface area (Å²) in [5.41, 5.74) is 2.04. The van der Waals surface area contributed by atoms with Gasteiger partial charge in [0.25, 0.3) is 0 Å². The zero-order chi connectivity index (χ0) is 25.5. The first-order chi connectivity index (χ1) is 17.6. The second-order valence-electron chi connectivity index (χ2n) is 8.80. The SMILES string of the molecule is CCl.O=C(c1ccc(OCC[NH+]2CCCCC2)cc1)c1c(-c2ccc(O)cc2)sc2cc(O)ccc12. The van der Waals surface area contributed by atoms with E-state index in [1.54, 1.807) is 47.4 Å². The molecule has 4 aromatic rings. The number of hydrogen-bond acceptors (Lipinski definition) is 5. The summed E-state index contributed by atoms with van der Waals surface area (Å²) >= 11 is 6.10. The number of hydrogen-bond donors (Lipinski definition) is 3. The number of ketones is 1. The molecule has 3 aromatic carbocycles. The number of quaternary nitrogens is 1. The maximum absolute atomic E-state index is 13.6. The highest BCUT2D eigenvalue weighted by Crippen LogP contribution is 2.41. The number of nitrogens with one attached hydrogen (secondary N) is 1. The van der Waals surface area contributed by atoms with E-state index in [1.807, 2.05) is 24.3 Å². The third-order valence-electron chi connectivity index (χ3n) is 6.43. The van der Waals surface area contributed by atoms with E-state index in [0.717, 1.165) is 32.8 Å². The first kappa shape index (κ1) is 26.0. The molecular weight excluding hydrogens is 494 g/mol. The van der Waals surface area contributed by atoms with Gasteiger partial charge in [-0.05, 0) is 91.6 Å². The molecule has 1 saturated heterocycles. The van der Waals surface area contributed by atoms with Gasteiger partial charge in [0.2, 0.25) is 0 Å². The Bertz CT molecular complexity index is 1300. The maximum atomic E-state index is 13.6. The third-order valence-corrected chi connectivity index (χ3v) is 7.63. The molecule has 0 spiro atoms. The van der Waals surface area contributed by atoms with Crippen LogP contribution in [0.3, 0.4) is 0 Å². The summed E-state index contributed by atoms with van der Waals surface area (Å²) in [5.74, 6) is 1.03. The van der Waals surface area contributed by atoms with Gasteiger partial charge in [-0.1, -0.05) is 0 Å². The summed E-state index contributed by atoms with van der Waals surface area (Å²) in [6.45, 7) is 4.13. The molecule has 1 fully saturated rings. The standard InChI is InChI=1S/C28H27NO4S.CH3Cl/c30-21-8-4-20(5-9-21)28-26(24-13-10-22(31)18-25(24)34-28)27(32)19-6-11-23(12-7-19)33-17-16-29-14-2-1-3-15-29;1-2/h4-13,18,30-31H,1-3,14-17H2;1H3/p+1. The molecule has 1 aliphatic heterocycles. The molecule has 0 unspecified atom stereocenters. The molecule has 0 saturated carbocycles. The third kappa shape index (κ3) is 6.01. The van der Waals surface area contributed by atoms with Crippen molar-refractivity contribution in [1.29, 1.82) is 0 Å². The van der Waals surface area contributed by atoms with E-state index < -0.39 is 0 Å². The normalized spacial score (nSPS) is 13.7. The minimum Gasteiger partial charge on any atom is -0.508 e. The molecule has 0 bridgehead atoms. The fourth-order valence-electron chi connectivity index (χ4n) is 4.59. The first-order valence-electron chi connectivity index (χ1n) is 12.1. The average Bonchev–Trinajstić information content (AvgIpc) is 3.29. The predicted octanol–water partition coefficient (Wildman–Crippen LogP) is 5.51. The van der Waals surface area contributed by atoms with Crippen LogP contribution < -0.4 is 9.64 Å². The Morgan fingerprint density at radius 3 is 2.28 bits per heavy atom. The largest absolute Gasteiger partial charge is 0.508 e. The van der Waals surface area contributed by atoms with Gasteiger partial charge in [0.05, 0.1) is 13.1 Å². The highest BCUT2D eigenvalue weighted by molar-refractivity contribution is 7.22. The molecule has 36 heavy (non-hydrogen) atoms. The Kier molecular flexibility index (Phi) is 8.86. The Morgan fingerprint density at radius 1 is 0.917 bits per heavy atom. The number of carbonyl (C=O) groups is 1.